The molecule has 5 heteroatoms. The van der Waals surface area contributed by atoms with Crippen molar-refractivity contribution >= 4 is 11.9 Å². The summed E-state index contributed by atoms with van der Waals surface area (Å²) in [5.41, 5.74) is 6.08. The summed E-state index contributed by atoms with van der Waals surface area (Å²) in [6.07, 6.45) is 6.82. The molecular weight excluding hydrogens is 228 g/mol. The minimum Gasteiger partial charge on any atom is -0.370 e. The van der Waals surface area contributed by atoms with Gasteiger partial charge in [-0.3, -0.25) is 4.79 Å². The van der Waals surface area contributed by atoms with E-state index in [1.165, 1.54) is 12.8 Å². The Bertz CT molecular complexity index is 323. The Hall–Kier alpha value is -1.26. The average Bonchev–Trinajstić information content (AvgIpc) is 2.90. The van der Waals surface area contributed by atoms with E-state index in [2.05, 4.69) is 15.2 Å². The summed E-state index contributed by atoms with van der Waals surface area (Å²) in [4.78, 5) is 18.3. The number of nitrogens with zero attached hydrogens (tertiary/aromatic N) is 2. The van der Waals surface area contributed by atoms with Gasteiger partial charge in [-0.15, -0.1) is 0 Å². The smallest absolute Gasteiger partial charge is 0.224 e. The summed E-state index contributed by atoms with van der Waals surface area (Å²) in [5, 5.41) is 2.72. The highest BCUT2D eigenvalue weighted by molar-refractivity contribution is 5.82. The molecule has 18 heavy (non-hydrogen) atoms. The van der Waals surface area contributed by atoms with Gasteiger partial charge in [0.05, 0.1) is 12.0 Å². The molecule has 1 atom stereocenters. The van der Waals surface area contributed by atoms with Crippen LogP contribution >= 0.6 is 0 Å². The molecule has 2 rings (SSSR count). The van der Waals surface area contributed by atoms with E-state index >= 15 is 0 Å². The van der Waals surface area contributed by atoms with E-state index in [9.17, 15) is 4.79 Å². The number of hydrogen-bond acceptors (Lipinski definition) is 2. The molecule has 2 aliphatic rings. The summed E-state index contributed by atoms with van der Waals surface area (Å²) < 4.78 is 0. The fourth-order valence-corrected chi connectivity index (χ4v) is 2.91. The monoisotopic (exact) mass is 252 g/mol. The van der Waals surface area contributed by atoms with Crippen molar-refractivity contribution in [1.29, 1.82) is 0 Å². The minimum atomic E-state index is 0.0566. The van der Waals surface area contributed by atoms with Crippen LogP contribution < -0.4 is 11.1 Å². The Labute approximate surface area is 109 Å². The topological polar surface area (TPSA) is 70.7 Å². The molecule has 1 saturated heterocycles. The third-order valence-electron chi connectivity index (χ3n) is 4.00. The molecule has 0 aromatic rings. The summed E-state index contributed by atoms with van der Waals surface area (Å²) in [6.45, 7) is 1.64. The maximum atomic E-state index is 11.7. The highest BCUT2D eigenvalue weighted by Crippen LogP contribution is 2.22. The van der Waals surface area contributed by atoms with Crippen LogP contribution in [0.4, 0.5) is 0 Å². The van der Waals surface area contributed by atoms with Gasteiger partial charge in [0.1, 0.15) is 0 Å². The number of piperidine rings is 1. The number of guanidine groups is 1. The van der Waals surface area contributed by atoms with Crippen molar-refractivity contribution in [2.45, 2.75) is 44.6 Å². The van der Waals surface area contributed by atoms with Crippen LogP contribution in [0.25, 0.3) is 0 Å². The van der Waals surface area contributed by atoms with Crippen LogP contribution in [-0.2, 0) is 4.79 Å². The number of likely N-dealkylation sites (tertiary alicyclic amines) is 1. The van der Waals surface area contributed by atoms with Crippen molar-refractivity contribution < 1.29 is 4.79 Å². The Morgan fingerprint density at radius 2 is 2.00 bits per heavy atom. The molecule has 1 heterocycles. The molecule has 0 spiro atoms. The third kappa shape index (κ3) is 3.15. The highest BCUT2D eigenvalue weighted by Gasteiger charge is 2.26. The number of carbonyl (C=O) groups excluding carboxylic acids is 1. The summed E-state index contributed by atoms with van der Waals surface area (Å²) in [7, 11) is 1.69. The second-order valence-corrected chi connectivity index (χ2v) is 5.32. The van der Waals surface area contributed by atoms with Crippen molar-refractivity contribution in [2.24, 2.45) is 16.6 Å². The van der Waals surface area contributed by atoms with Gasteiger partial charge in [0, 0.05) is 20.1 Å². The molecule has 102 valence electrons. The zero-order valence-electron chi connectivity index (χ0n) is 11.2. The van der Waals surface area contributed by atoms with E-state index in [1.807, 2.05) is 0 Å². The van der Waals surface area contributed by atoms with Crippen molar-refractivity contribution in [2.75, 3.05) is 20.1 Å². The summed E-state index contributed by atoms with van der Waals surface area (Å²) in [5.74, 6) is 0.810. The Balaban J connectivity index is 1.93. The van der Waals surface area contributed by atoms with Gasteiger partial charge in [0.25, 0.3) is 0 Å². The van der Waals surface area contributed by atoms with Gasteiger partial charge in [-0.25, -0.2) is 4.99 Å². The van der Waals surface area contributed by atoms with Crippen LogP contribution in [0.1, 0.15) is 38.5 Å². The molecule has 2 fully saturated rings. The number of nitrogens with one attached hydrogen (secondary N) is 1. The fraction of sp³-hybridized carbons (Fsp3) is 0.846. The highest BCUT2D eigenvalue weighted by atomic mass is 16.1. The Morgan fingerprint density at radius 3 is 2.67 bits per heavy atom. The molecule has 0 bridgehead atoms. The average molecular weight is 252 g/mol. The lowest BCUT2D eigenvalue weighted by Crippen LogP contribution is -2.48. The maximum absolute atomic E-state index is 11.7. The van der Waals surface area contributed by atoms with Crippen LogP contribution in [0.2, 0.25) is 0 Å². The van der Waals surface area contributed by atoms with Gasteiger partial charge in [-0.1, -0.05) is 12.8 Å². The van der Waals surface area contributed by atoms with Gasteiger partial charge in [-0.05, 0) is 25.7 Å². The van der Waals surface area contributed by atoms with E-state index in [0.29, 0.717) is 18.5 Å². The number of hydrogen-bond donors (Lipinski definition) is 2. The van der Waals surface area contributed by atoms with Gasteiger partial charge in [0.15, 0.2) is 5.96 Å². The third-order valence-corrected chi connectivity index (χ3v) is 4.00. The van der Waals surface area contributed by atoms with E-state index in [1.54, 1.807) is 7.05 Å². The van der Waals surface area contributed by atoms with Crippen LogP contribution in [0, 0.1) is 5.92 Å². The molecule has 0 aromatic heterocycles. The zero-order valence-corrected chi connectivity index (χ0v) is 11.2. The van der Waals surface area contributed by atoms with Crippen molar-refractivity contribution in [3.63, 3.8) is 0 Å². The molecule has 1 saturated carbocycles. The van der Waals surface area contributed by atoms with E-state index in [4.69, 9.17) is 5.73 Å². The second kappa shape index (κ2) is 6.07. The first-order chi connectivity index (χ1) is 8.70. The molecule has 5 nitrogen and oxygen atoms in total. The number of rotatable bonds is 2. The van der Waals surface area contributed by atoms with Crippen LogP contribution in [-0.4, -0.2) is 42.9 Å². The quantitative estimate of drug-likeness (QED) is 0.561. The summed E-state index contributed by atoms with van der Waals surface area (Å²) in [6, 6.07) is 0.408. The molecule has 3 N–H and O–H groups in total. The lowest BCUT2D eigenvalue weighted by Gasteiger charge is -2.32. The molecule has 0 radical (unpaired) electrons. The van der Waals surface area contributed by atoms with Crippen molar-refractivity contribution in [1.82, 2.24) is 10.2 Å². The predicted octanol–water partition coefficient (Wildman–Crippen LogP) is 0.702. The minimum absolute atomic E-state index is 0.0566. The van der Waals surface area contributed by atoms with Crippen molar-refractivity contribution in [3.05, 3.63) is 0 Å². The Morgan fingerprint density at radius 1 is 1.28 bits per heavy atom. The van der Waals surface area contributed by atoms with E-state index in [0.717, 1.165) is 32.2 Å². The van der Waals surface area contributed by atoms with Gasteiger partial charge in [-0.2, -0.15) is 0 Å². The normalized spacial score (nSPS) is 26.4. The van der Waals surface area contributed by atoms with Crippen LogP contribution in [0.3, 0.4) is 0 Å². The maximum Gasteiger partial charge on any atom is 0.224 e. The van der Waals surface area contributed by atoms with Gasteiger partial charge in [0.2, 0.25) is 5.91 Å². The van der Waals surface area contributed by atoms with E-state index in [-0.39, 0.29) is 11.8 Å². The lowest BCUT2D eigenvalue weighted by atomic mass is 9.97. The van der Waals surface area contributed by atoms with Crippen molar-refractivity contribution in [3.8, 4) is 0 Å². The lowest BCUT2D eigenvalue weighted by molar-refractivity contribution is -0.125. The first kappa shape index (κ1) is 13.2. The predicted molar refractivity (Wildman–Crippen MR) is 72.2 cm³/mol. The summed E-state index contributed by atoms with van der Waals surface area (Å²) >= 11 is 0. The fourth-order valence-electron chi connectivity index (χ4n) is 2.91. The molecular formula is C13H24N4O. The number of aliphatic imine (C=N–C) groups is 1. The molecule has 1 aliphatic carbocycles. The zero-order chi connectivity index (χ0) is 13.0. The SMILES string of the molecule is CNC(=O)C1CCCN(C(N)=NC2CCCC2)C1. The van der Waals surface area contributed by atoms with Crippen LogP contribution in [0.5, 0.6) is 0 Å². The molecule has 1 aliphatic heterocycles. The number of carbonyl (C=O) groups is 1. The van der Waals surface area contributed by atoms with Gasteiger partial charge < -0.3 is 16.0 Å². The first-order valence-electron chi connectivity index (χ1n) is 7.00. The van der Waals surface area contributed by atoms with Gasteiger partial charge >= 0.3 is 0 Å². The Kier molecular flexibility index (Phi) is 4.44. The van der Waals surface area contributed by atoms with Crippen LogP contribution in [0.15, 0.2) is 4.99 Å². The first-order valence-corrected chi connectivity index (χ1v) is 7.00. The number of amides is 1. The second-order valence-electron chi connectivity index (χ2n) is 5.32. The standard InChI is InChI=1S/C13H24N4O/c1-15-12(18)10-5-4-8-17(9-10)13(14)16-11-6-2-3-7-11/h10-11H,2-9H2,1H3,(H2,14,16)(H,15,18). The molecule has 1 amide bonds. The largest absolute Gasteiger partial charge is 0.370 e. The number of nitrogens with two attached hydrogens (primary N) is 1. The molecule has 0 aromatic carbocycles. The molecule has 1 unspecified atom stereocenters. The van der Waals surface area contributed by atoms with E-state index < -0.39 is 0 Å².